The van der Waals surface area contributed by atoms with Crippen LogP contribution >= 0.6 is 0 Å². The Balaban J connectivity index is 3.67. The minimum absolute atomic E-state index is 0.140. The normalized spacial score (nSPS) is 12.2. The average molecular weight is 185 g/mol. The molecule has 0 saturated heterocycles. The Kier molecular flexibility index (Phi) is 7.30. The van der Waals surface area contributed by atoms with E-state index in [2.05, 4.69) is 18.8 Å². The molecule has 0 aliphatic heterocycles. The zero-order chi connectivity index (χ0) is 10.1. The Morgan fingerprint density at radius 1 is 1.62 bits per heavy atom. The van der Waals surface area contributed by atoms with Crippen LogP contribution in [-0.4, -0.2) is 24.2 Å². The number of aliphatic hydroxyl groups excluding tert-OH is 1. The summed E-state index contributed by atoms with van der Waals surface area (Å²) in [5, 5.41) is 11.5. The quantitative estimate of drug-likeness (QED) is 0.583. The van der Waals surface area contributed by atoms with E-state index in [4.69, 9.17) is 5.11 Å². The molecule has 0 bridgehead atoms. The van der Waals surface area contributed by atoms with Gasteiger partial charge in [0.25, 0.3) is 0 Å². The van der Waals surface area contributed by atoms with E-state index < -0.39 is 0 Å². The third kappa shape index (κ3) is 6.34. The van der Waals surface area contributed by atoms with Crippen LogP contribution in [0.5, 0.6) is 0 Å². The number of carbonyl (C=O) groups excluding carboxylic acids is 1. The van der Waals surface area contributed by atoms with Crippen molar-refractivity contribution in [2.24, 2.45) is 5.92 Å². The molecule has 0 aliphatic carbocycles. The van der Waals surface area contributed by atoms with Gasteiger partial charge in [0.05, 0.1) is 0 Å². The van der Waals surface area contributed by atoms with Crippen molar-refractivity contribution in [3.05, 3.63) is 12.7 Å². The molecule has 0 spiro atoms. The molecule has 1 atom stereocenters. The fourth-order valence-corrected chi connectivity index (χ4v) is 1.26. The van der Waals surface area contributed by atoms with Gasteiger partial charge in [0, 0.05) is 13.2 Å². The van der Waals surface area contributed by atoms with E-state index in [0.717, 1.165) is 19.3 Å². The standard InChI is InChI=1S/C10H19NO2/c1-3-5-9(6-7-12)8-11-10(13)4-2/h4,9,12H,2-3,5-8H2,1H3,(H,11,13). The summed E-state index contributed by atoms with van der Waals surface area (Å²) in [5.41, 5.74) is 0. The Morgan fingerprint density at radius 3 is 2.77 bits per heavy atom. The molecule has 3 nitrogen and oxygen atoms in total. The van der Waals surface area contributed by atoms with Crippen molar-refractivity contribution in [2.75, 3.05) is 13.2 Å². The molecule has 0 aromatic rings. The maximum atomic E-state index is 10.8. The van der Waals surface area contributed by atoms with E-state index >= 15 is 0 Å². The van der Waals surface area contributed by atoms with Gasteiger partial charge in [-0.2, -0.15) is 0 Å². The van der Waals surface area contributed by atoms with Crippen LogP contribution in [0.3, 0.4) is 0 Å². The van der Waals surface area contributed by atoms with Crippen molar-refractivity contribution in [1.82, 2.24) is 5.32 Å². The van der Waals surface area contributed by atoms with Crippen LogP contribution in [0.2, 0.25) is 0 Å². The number of carbonyl (C=O) groups is 1. The lowest BCUT2D eigenvalue weighted by Gasteiger charge is -2.14. The number of nitrogens with one attached hydrogen (secondary N) is 1. The van der Waals surface area contributed by atoms with Gasteiger partial charge < -0.3 is 10.4 Å². The summed E-state index contributed by atoms with van der Waals surface area (Å²) in [6.07, 6.45) is 4.14. The van der Waals surface area contributed by atoms with Crippen molar-refractivity contribution in [2.45, 2.75) is 26.2 Å². The first kappa shape index (κ1) is 12.2. The lowest BCUT2D eigenvalue weighted by atomic mass is 10.0. The molecular formula is C10H19NO2. The molecule has 0 radical (unpaired) electrons. The molecular weight excluding hydrogens is 166 g/mol. The van der Waals surface area contributed by atoms with Crippen molar-refractivity contribution in [1.29, 1.82) is 0 Å². The van der Waals surface area contributed by atoms with E-state index in [0.29, 0.717) is 12.5 Å². The van der Waals surface area contributed by atoms with Crippen molar-refractivity contribution in [3.8, 4) is 0 Å². The van der Waals surface area contributed by atoms with E-state index in [-0.39, 0.29) is 12.5 Å². The van der Waals surface area contributed by atoms with Gasteiger partial charge >= 0.3 is 0 Å². The molecule has 0 aromatic carbocycles. The zero-order valence-corrected chi connectivity index (χ0v) is 8.25. The van der Waals surface area contributed by atoms with Gasteiger partial charge in [-0.1, -0.05) is 19.9 Å². The summed E-state index contributed by atoms with van der Waals surface area (Å²) in [6.45, 7) is 6.29. The summed E-state index contributed by atoms with van der Waals surface area (Å²) in [5.74, 6) is 0.248. The topological polar surface area (TPSA) is 49.3 Å². The van der Waals surface area contributed by atoms with Gasteiger partial charge in [0.1, 0.15) is 0 Å². The molecule has 1 unspecified atom stereocenters. The first-order chi connectivity index (χ1) is 6.24. The van der Waals surface area contributed by atoms with Crippen LogP contribution in [0.25, 0.3) is 0 Å². The number of hydrogen-bond acceptors (Lipinski definition) is 2. The summed E-state index contributed by atoms with van der Waals surface area (Å²) < 4.78 is 0. The molecule has 0 aromatic heterocycles. The summed E-state index contributed by atoms with van der Waals surface area (Å²) in [7, 11) is 0. The van der Waals surface area contributed by atoms with E-state index in [1.165, 1.54) is 6.08 Å². The maximum absolute atomic E-state index is 10.8. The summed E-state index contributed by atoms with van der Waals surface area (Å²) in [6, 6.07) is 0. The van der Waals surface area contributed by atoms with Crippen LogP contribution < -0.4 is 5.32 Å². The number of aliphatic hydroxyl groups is 1. The van der Waals surface area contributed by atoms with Crippen LogP contribution in [0.1, 0.15) is 26.2 Å². The highest BCUT2D eigenvalue weighted by atomic mass is 16.3. The Labute approximate surface area is 79.8 Å². The van der Waals surface area contributed by atoms with Gasteiger partial charge in [-0.25, -0.2) is 0 Å². The Hall–Kier alpha value is -0.830. The molecule has 0 saturated carbocycles. The molecule has 76 valence electrons. The van der Waals surface area contributed by atoms with Gasteiger partial charge in [-0.05, 0) is 24.8 Å². The van der Waals surface area contributed by atoms with Crippen LogP contribution in [0, 0.1) is 5.92 Å². The van der Waals surface area contributed by atoms with Crippen LogP contribution in [-0.2, 0) is 4.79 Å². The smallest absolute Gasteiger partial charge is 0.243 e. The number of rotatable bonds is 7. The van der Waals surface area contributed by atoms with Gasteiger partial charge in [0.2, 0.25) is 5.91 Å². The van der Waals surface area contributed by atoms with Crippen LogP contribution in [0.15, 0.2) is 12.7 Å². The average Bonchev–Trinajstić information content (AvgIpc) is 2.14. The molecule has 0 aliphatic rings. The molecule has 1 amide bonds. The monoisotopic (exact) mass is 185 g/mol. The fraction of sp³-hybridized carbons (Fsp3) is 0.700. The summed E-state index contributed by atoms with van der Waals surface area (Å²) >= 11 is 0. The van der Waals surface area contributed by atoms with Gasteiger partial charge in [0.15, 0.2) is 0 Å². The first-order valence-corrected chi connectivity index (χ1v) is 4.75. The Morgan fingerprint density at radius 2 is 2.31 bits per heavy atom. The highest BCUT2D eigenvalue weighted by Crippen LogP contribution is 2.08. The molecule has 0 rings (SSSR count). The van der Waals surface area contributed by atoms with E-state index in [9.17, 15) is 4.79 Å². The lowest BCUT2D eigenvalue weighted by molar-refractivity contribution is -0.116. The number of hydrogen-bond donors (Lipinski definition) is 2. The van der Waals surface area contributed by atoms with Gasteiger partial charge in [-0.3, -0.25) is 4.79 Å². The minimum atomic E-state index is -0.140. The highest BCUT2D eigenvalue weighted by molar-refractivity contribution is 5.86. The van der Waals surface area contributed by atoms with Crippen molar-refractivity contribution in [3.63, 3.8) is 0 Å². The second kappa shape index (κ2) is 7.80. The summed E-state index contributed by atoms with van der Waals surface area (Å²) in [4.78, 5) is 10.8. The molecule has 0 fully saturated rings. The van der Waals surface area contributed by atoms with Gasteiger partial charge in [-0.15, -0.1) is 0 Å². The van der Waals surface area contributed by atoms with Crippen LogP contribution in [0.4, 0.5) is 0 Å². The van der Waals surface area contributed by atoms with Crippen molar-refractivity contribution >= 4 is 5.91 Å². The lowest BCUT2D eigenvalue weighted by Crippen LogP contribution is -2.28. The van der Waals surface area contributed by atoms with Crippen molar-refractivity contribution < 1.29 is 9.90 Å². The van der Waals surface area contributed by atoms with E-state index in [1.807, 2.05) is 0 Å². The predicted octanol–water partition coefficient (Wildman–Crippen LogP) is 1.09. The Bertz CT molecular complexity index is 151. The third-order valence-electron chi connectivity index (χ3n) is 1.98. The third-order valence-corrected chi connectivity index (χ3v) is 1.98. The fourth-order valence-electron chi connectivity index (χ4n) is 1.26. The first-order valence-electron chi connectivity index (χ1n) is 4.75. The zero-order valence-electron chi connectivity index (χ0n) is 8.25. The largest absolute Gasteiger partial charge is 0.396 e. The minimum Gasteiger partial charge on any atom is -0.396 e. The second-order valence-electron chi connectivity index (χ2n) is 3.12. The second-order valence-corrected chi connectivity index (χ2v) is 3.12. The predicted molar refractivity (Wildman–Crippen MR) is 53.3 cm³/mol. The van der Waals surface area contributed by atoms with E-state index in [1.54, 1.807) is 0 Å². The molecule has 2 N–H and O–H groups in total. The molecule has 0 heterocycles. The SMILES string of the molecule is C=CC(=O)NCC(CCC)CCO. The molecule has 3 heteroatoms. The molecule has 13 heavy (non-hydrogen) atoms. The number of amides is 1. The highest BCUT2D eigenvalue weighted by Gasteiger charge is 2.07. The maximum Gasteiger partial charge on any atom is 0.243 e.